The zero-order valence-electron chi connectivity index (χ0n) is 29.6. The number of benzene rings is 4. The molecule has 1 saturated carbocycles. The summed E-state index contributed by atoms with van der Waals surface area (Å²) in [7, 11) is 0. The van der Waals surface area contributed by atoms with Gasteiger partial charge in [-0.3, -0.25) is 0 Å². The Hall–Kier alpha value is -4.08. The van der Waals surface area contributed by atoms with Crippen molar-refractivity contribution < 1.29 is 29.6 Å². The van der Waals surface area contributed by atoms with Crippen molar-refractivity contribution in [2.24, 2.45) is 22.9 Å². The van der Waals surface area contributed by atoms with Gasteiger partial charge in [-0.05, 0) is 89.8 Å². The van der Waals surface area contributed by atoms with Crippen LogP contribution in [0.3, 0.4) is 0 Å². The molecule has 52 heavy (non-hydrogen) atoms. The maximum Gasteiger partial charge on any atom is 0.231 e. The van der Waals surface area contributed by atoms with Crippen LogP contribution in [0.4, 0.5) is 0 Å². The molecule has 0 amide bonds. The Balaban J connectivity index is 1.39. The first-order chi connectivity index (χ1) is 25.5. The average molecular weight is 720 g/mol. The molecular formula is C44H49NO6S. The van der Waals surface area contributed by atoms with Crippen LogP contribution in [0.1, 0.15) is 62.0 Å². The van der Waals surface area contributed by atoms with Crippen LogP contribution in [0.15, 0.2) is 125 Å². The molecule has 8 heteroatoms. The first-order valence-corrected chi connectivity index (χ1v) is 19.5. The number of allylic oxidation sites excluding steroid dienone is 1. The zero-order chi connectivity index (χ0) is 35.9. The molecule has 272 valence electrons. The largest absolute Gasteiger partial charge is 0.508 e. The maximum absolute atomic E-state index is 10.9. The van der Waals surface area contributed by atoms with E-state index < -0.39 is 5.79 Å². The summed E-state index contributed by atoms with van der Waals surface area (Å²) >= 11 is 1.75. The molecule has 4 aromatic rings. The molecule has 7 rings (SSSR count). The minimum absolute atomic E-state index is 0.0715. The fraction of sp³-hybridized carbons (Fsp3) is 0.386. The topological polar surface area (TPSA) is 101 Å². The summed E-state index contributed by atoms with van der Waals surface area (Å²) in [5.41, 5.74) is 3.96. The predicted octanol–water partition coefficient (Wildman–Crippen LogP) is 9.17. The number of hydrogen-bond donors (Lipinski definition) is 3. The Bertz CT molecular complexity index is 1890. The molecule has 7 nitrogen and oxygen atoms in total. The quantitative estimate of drug-likeness (QED) is 0.0603. The number of rotatable bonds is 16. The molecule has 0 unspecified atom stereocenters. The van der Waals surface area contributed by atoms with Gasteiger partial charge in [-0.1, -0.05) is 90.8 Å². The number of oxime groups is 1. The van der Waals surface area contributed by atoms with Gasteiger partial charge in [-0.15, -0.1) is 18.3 Å². The monoisotopic (exact) mass is 719 g/mol. The first-order valence-electron chi connectivity index (χ1n) is 18.6. The summed E-state index contributed by atoms with van der Waals surface area (Å²) in [6.45, 7) is 4.97. The van der Waals surface area contributed by atoms with Crippen LogP contribution in [-0.2, 0) is 16.2 Å². The molecule has 1 aliphatic heterocycles. The van der Waals surface area contributed by atoms with E-state index in [9.17, 15) is 15.3 Å². The van der Waals surface area contributed by atoms with Crippen molar-refractivity contribution in [1.82, 2.24) is 0 Å². The highest BCUT2D eigenvalue weighted by molar-refractivity contribution is 8.00. The predicted molar refractivity (Wildman–Crippen MR) is 208 cm³/mol. The van der Waals surface area contributed by atoms with Gasteiger partial charge in [0.2, 0.25) is 5.79 Å². The van der Waals surface area contributed by atoms with Gasteiger partial charge >= 0.3 is 0 Å². The Morgan fingerprint density at radius 1 is 0.885 bits per heavy atom. The van der Waals surface area contributed by atoms with E-state index in [0.717, 1.165) is 71.6 Å². The Labute approximate surface area is 311 Å². The van der Waals surface area contributed by atoms with E-state index in [1.165, 1.54) is 10.8 Å². The van der Waals surface area contributed by atoms with Crippen molar-refractivity contribution in [1.29, 1.82) is 0 Å². The molecule has 0 saturated heterocycles. The highest BCUT2D eigenvalue weighted by atomic mass is 32.2. The van der Waals surface area contributed by atoms with Crippen LogP contribution in [0, 0.1) is 17.8 Å². The van der Waals surface area contributed by atoms with Crippen LogP contribution in [-0.4, -0.2) is 51.9 Å². The summed E-state index contributed by atoms with van der Waals surface area (Å²) in [6.07, 6.45) is 9.73. The zero-order valence-corrected chi connectivity index (χ0v) is 30.4. The Kier molecular flexibility index (Phi) is 11.7. The number of aliphatic hydroxyl groups is 2. The van der Waals surface area contributed by atoms with Crippen LogP contribution >= 0.6 is 11.8 Å². The lowest BCUT2D eigenvalue weighted by molar-refractivity contribution is -0.223. The number of phenolic OH excluding ortho intramolecular Hbond substituents is 1. The summed E-state index contributed by atoms with van der Waals surface area (Å²) in [5, 5.41) is 37.5. The van der Waals surface area contributed by atoms with Gasteiger partial charge in [0, 0.05) is 36.0 Å². The normalized spacial score (nSPS) is 25.5. The van der Waals surface area contributed by atoms with Crippen molar-refractivity contribution >= 4 is 28.2 Å². The second-order valence-electron chi connectivity index (χ2n) is 14.2. The maximum atomic E-state index is 10.9. The molecule has 6 atom stereocenters. The minimum atomic E-state index is -1.09. The number of unbranched alkanes of at least 4 members (excludes halogenated alkanes) is 2. The summed E-state index contributed by atoms with van der Waals surface area (Å²) in [6, 6.07) is 30.5. The van der Waals surface area contributed by atoms with E-state index in [1.54, 1.807) is 23.9 Å². The van der Waals surface area contributed by atoms with Gasteiger partial charge in [0.15, 0.2) is 0 Å². The molecule has 0 spiro atoms. The van der Waals surface area contributed by atoms with Gasteiger partial charge in [-0.25, -0.2) is 0 Å². The molecule has 3 N–H and O–H groups in total. The fourth-order valence-corrected chi connectivity index (χ4v) is 9.94. The molecular weight excluding hydrogens is 671 g/mol. The highest BCUT2D eigenvalue weighted by Gasteiger charge is 2.64. The summed E-state index contributed by atoms with van der Waals surface area (Å²) in [4.78, 5) is 7.28. The third-order valence-electron chi connectivity index (χ3n) is 10.9. The van der Waals surface area contributed by atoms with E-state index in [1.807, 2.05) is 42.5 Å². The van der Waals surface area contributed by atoms with Crippen LogP contribution in [0.5, 0.6) is 11.5 Å². The summed E-state index contributed by atoms with van der Waals surface area (Å²) < 4.78 is 14.2. The van der Waals surface area contributed by atoms with Crippen molar-refractivity contribution in [3.8, 4) is 11.5 Å². The van der Waals surface area contributed by atoms with Crippen molar-refractivity contribution in [3.05, 3.63) is 126 Å². The van der Waals surface area contributed by atoms with Gasteiger partial charge in [-0.2, -0.15) is 0 Å². The minimum Gasteiger partial charge on any atom is -0.508 e. The smallest absolute Gasteiger partial charge is 0.231 e. The molecule has 0 radical (unpaired) electrons. The average Bonchev–Trinajstić information content (AvgIpc) is 3.17. The van der Waals surface area contributed by atoms with Crippen molar-refractivity contribution in [2.45, 2.75) is 73.4 Å². The first kappa shape index (κ1) is 36.3. The van der Waals surface area contributed by atoms with E-state index in [0.29, 0.717) is 19.6 Å². The number of hydrogen-bond acceptors (Lipinski definition) is 8. The number of aromatic hydroxyl groups is 1. The standard InChI is InChI=1S/C44H49NO6S/c1-2-24-49-44-41(52-35-20-18-31-14-6-7-15-32(31)25-35)28-39(45-50-29-30-12-4-3-5-13-30)37-26-33(16-8-10-22-46)36(17-9-11-23-47)42(43(37)44)38-27-34(48)19-21-40(38)51-44/h2-7,12-15,18-21,25-27,33,36,41-43,46-48H,1,8-11,16-17,22-24,28-29H2/t33-,36+,41-,42+,43+,44+/m0/s1. The van der Waals surface area contributed by atoms with Gasteiger partial charge in [0.1, 0.15) is 18.1 Å². The fourth-order valence-electron chi connectivity index (χ4n) is 8.60. The third-order valence-corrected chi connectivity index (χ3v) is 12.2. The second-order valence-corrected chi connectivity index (χ2v) is 15.4. The Morgan fingerprint density at radius 2 is 1.65 bits per heavy atom. The molecule has 0 aromatic heterocycles. The SMILES string of the molecule is C=CCO[C@@]12Oc3ccc(O)cc3[C@H]3[C@H](CCCCO)[C@@H](CCCCO)C=C(C(=NOCc4ccccc4)C[C@@H]1Sc1ccc4ccccc4c1)[C@H]32. The molecule has 0 bridgehead atoms. The number of aliphatic hydroxyl groups excluding tert-OH is 2. The number of nitrogens with zero attached hydrogens (tertiary/aromatic N) is 1. The Morgan fingerprint density at radius 3 is 2.44 bits per heavy atom. The number of ether oxygens (including phenoxy) is 2. The lowest BCUT2D eigenvalue weighted by atomic mass is 9.56. The van der Waals surface area contributed by atoms with Gasteiger partial charge in [0.25, 0.3) is 0 Å². The molecule has 2 aliphatic carbocycles. The number of thioether (sulfide) groups is 1. The molecule has 1 heterocycles. The molecule has 3 aliphatic rings. The van der Waals surface area contributed by atoms with E-state index >= 15 is 0 Å². The van der Waals surface area contributed by atoms with Crippen LogP contribution in [0.25, 0.3) is 10.8 Å². The van der Waals surface area contributed by atoms with Gasteiger partial charge < -0.3 is 29.6 Å². The number of fused-ring (bicyclic) bond motifs is 3. The van der Waals surface area contributed by atoms with Crippen molar-refractivity contribution in [3.63, 3.8) is 0 Å². The summed E-state index contributed by atoms with van der Waals surface area (Å²) in [5.74, 6) is -0.160. The van der Waals surface area contributed by atoms with Crippen LogP contribution in [0.2, 0.25) is 0 Å². The lowest BCUT2D eigenvalue weighted by Crippen LogP contribution is -2.64. The van der Waals surface area contributed by atoms with Crippen molar-refractivity contribution in [2.75, 3.05) is 19.8 Å². The second kappa shape index (κ2) is 16.7. The molecule has 1 fully saturated rings. The number of phenols is 1. The van der Waals surface area contributed by atoms with Gasteiger partial charge in [0.05, 0.1) is 23.5 Å². The van der Waals surface area contributed by atoms with E-state index in [4.69, 9.17) is 19.5 Å². The van der Waals surface area contributed by atoms with E-state index in [-0.39, 0.29) is 47.9 Å². The molecule has 4 aromatic carbocycles. The van der Waals surface area contributed by atoms with Crippen LogP contribution < -0.4 is 4.74 Å². The van der Waals surface area contributed by atoms with E-state index in [2.05, 4.69) is 55.1 Å². The lowest BCUT2D eigenvalue weighted by Gasteiger charge is -2.58. The third kappa shape index (κ3) is 7.53. The highest BCUT2D eigenvalue weighted by Crippen LogP contribution is 2.63.